The average molecular weight is 404 g/mol. The molecule has 1 atom stereocenters. The van der Waals surface area contributed by atoms with E-state index in [1.807, 2.05) is 31.0 Å². The molecule has 0 aromatic heterocycles. The van der Waals surface area contributed by atoms with Crippen LogP contribution in [-0.2, 0) is 21.4 Å². The third-order valence-corrected chi connectivity index (χ3v) is 6.22. The van der Waals surface area contributed by atoms with Crippen LogP contribution in [0.4, 0.5) is 5.69 Å². The zero-order valence-corrected chi connectivity index (χ0v) is 17.9. The maximum absolute atomic E-state index is 12.6. The minimum Gasteiger partial charge on any atom is -0.325 e. The molecular formula is C21H29N3O3S. The molecule has 1 amide bonds. The van der Waals surface area contributed by atoms with Crippen molar-refractivity contribution in [3.05, 3.63) is 59.7 Å². The number of carbonyl (C=O) groups excluding carboxylic acids is 1. The van der Waals surface area contributed by atoms with Gasteiger partial charge in [0.2, 0.25) is 15.9 Å². The van der Waals surface area contributed by atoms with Crippen LogP contribution in [0.2, 0.25) is 0 Å². The molecule has 2 aromatic carbocycles. The van der Waals surface area contributed by atoms with Gasteiger partial charge in [-0.15, -0.1) is 0 Å². The van der Waals surface area contributed by atoms with Gasteiger partial charge in [-0.2, -0.15) is 0 Å². The highest BCUT2D eigenvalue weighted by Crippen LogP contribution is 2.16. The highest BCUT2D eigenvalue weighted by Gasteiger charge is 2.19. The quantitative estimate of drug-likeness (QED) is 0.710. The lowest BCUT2D eigenvalue weighted by Gasteiger charge is -2.24. The predicted octanol–water partition coefficient (Wildman–Crippen LogP) is 3.14. The van der Waals surface area contributed by atoms with E-state index in [2.05, 4.69) is 29.1 Å². The Morgan fingerprint density at radius 2 is 1.64 bits per heavy atom. The van der Waals surface area contributed by atoms with Crippen molar-refractivity contribution in [2.45, 2.75) is 51.2 Å². The minimum atomic E-state index is -3.54. The van der Waals surface area contributed by atoms with E-state index in [-0.39, 0.29) is 22.9 Å². The van der Waals surface area contributed by atoms with Gasteiger partial charge in [-0.05, 0) is 70.1 Å². The van der Waals surface area contributed by atoms with E-state index in [4.69, 9.17) is 0 Å². The Balaban J connectivity index is 2.01. The van der Waals surface area contributed by atoms with Crippen LogP contribution >= 0.6 is 0 Å². The van der Waals surface area contributed by atoms with E-state index >= 15 is 0 Å². The Bertz CT molecular complexity index is 909. The number of amides is 1. The zero-order valence-electron chi connectivity index (χ0n) is 17.1. The SMILES string of the molecule is Cc1ccccc1CN(C)[C@H](C)C(=O)Nc1ccc(S(=O)(=O)NC(C)C)cc1. The summed E-state index contributed by atoms with van der Waals surface area (Å²) in [6.07, 6.45) is 0. The fourth-order valence-electron chi connectivity index (χ4n) is 2.74. The van der Waals surface area contributed by atoms with Crippen molar-refractivity contribution in [1.82, 2.24) is 9.62 Å². The number of aryl methyl sites for hydroxylation is 1. The summed E-state index contributed by atoms with van der Waals surface area (Å²) in [4.78, 5) is 14.7. The Morgan fingerprint density at radius 3 is 2.21 bits per heavy atom. The van der Waals surface area contributed by atoms with Crippen LogP contribution in [0.25, 0.3) is 0 Å². The second kappa shape index (κ2) is 9.32. The van der Waals surface area contributed by atoms with Gasteiger partial charge in [-0.25, -0.2) is 13.1 Å². The first-order chi connectivity index (χ1) is 13.1. The maximum atomic E-state index is 12.6. The molecule has 0 radical (unpaired) electrons. The van der Waals surface area contributed by atoms with Gasteiger partial charge in [-0.3, -0.25) is 9.69 Å². The monoisotopic (exact) mass is 403 g/mol. The van der Waals surface area contributed by atoms with Gasteiger partial charge in [0.05, 0.1) is 10.9 Å². The van der Waals surface area contributed by atoms with Crippen molar-refractivity contribution in [1.29, 1.82) is 0 Å². The van der Waals surface area contributed by atoms with E-state index in [1.165, 1.54) is 23.3 Å². The van der Waals surface area contributed by atoms with Gasteiger partial charge in [0, 0.05) is 18.3 Å². The zero-order chi connectivity index (χ0) is 20.9. The molecule has 0 aliphatic rings. The van der Waals surface area contributed by atoms with Crippen LogP contribution in [0.1, 0.15) is 31.9 Å². The van der Waals surface area contributed by atoms with E-state index in [0.717, 1.165) is 0 Å². The van der Waals surface area contributed by atoms with Crippen LogP contribution in [0.5, 0.6) is 0 Å². The van der Waals surface area contributed by atoms with Gasteiger partial charge in [-0.1, -0.05) is 24.3 Å². The molecule has 0 aliphatic carbocycles. The highest BCUT2D eigenvalue weighted by molar-refractivity contribution is 7.89. The molecule has 2 N–H and O–H groups in total. The molecule has 2 aromatic rings. The summed E-state index contributed by atoms with van der Waals surface area (Å²) in [5, 5.41) is 2.85. The van der Waals surface area contributed by atoms with E-state index in [1.54, 1.807) is 26.0 Å². The number of carbonyl (C=O) groups is 1. The first-order valence-corrected chi connectivity index (χ1v) is 10.8. The van der Waals surface area contributed by atoms with Crippen LogP contribution < -0.4 is 10.0 Å². The van der Waals surface area contributed by atoms with Crippen molar-refractivity contribution < 1.29 is 13.2 Å². The number of benzene rings is 2. The predicted molar refractivity (Wildman–Crippen MR) is 113 cm³/mol. The topological polar surface area (TPSA) is 78.5 Å². The molecule has 0 unspecified atom stereocenters. The van der Waals surface area contributed by atoms with Crippen molar-refractivity contribution in [3.8, 4) is 0 Å². The summed E-state index contributed by atoms with van der Waals surface area (Å²) in [5.41, 5.74) is 2.93. The van der Waals surface area contributed by atoms with Gasteiger partial charge < -0.3 is 5.32 Å². The van der Waals surface area contributed by atoms with E-state index in [9.17, 15) is 13.2 Å². The molecule has 0 spiro atoms. The van der Waals surface area contributed by atoms with Crippen molar-refractivity contribution in [2.75, 3.05) is 12.4 Å². The third-order valence-electron chi connectivity index (χ3n) is 4.54. The maximum Gasteiger partial charge on any atom is 0.241 e. The van der Waals surface area contributed by atoms with E-state index in [0.29, 0.717) is 12.2 Å². The molecule has 0 saturated heterocycles. The highest BCUT2D eigenvalue weighted by atomic mass is 32.2. The van der Waals surface area contributed by atoms with Crippen LogP contribution in [0.15, 0.2) is 53.4 Å². The fraction of sp³-hybridized carbons (Fsp3) is 0.381. The molecule has 7 heteroatoms. The molecule has 2 rings (SSSR count). The fourth-order valence-corrected chi connectivity index (χ4v) is 3.99. The second-order valence-electron chi connectivity index (χ2n) is 7.31. The van der Waals surface area contributed by atoms with Crippen LogP contribution in [-0.4, -0.2) is 38.4 Å². The first-order valence-electron chi connectivity index (χ1n) is 9.28. The summed E-state index contributed by atoms with van der Waals surface area (Å²) in [6, 6.07) is 13.7. The van der Waals surface area contributed by atoms with Gasteiger partial charge >= 0.3 is 0 Å². The molecule has 0 aliphatic heterocycles. The largest absolute Gasteiger partial charge is 0.325 e. The van der Waals surface area contributed by atoms with E-state index < -0.39 is 10.0 Å². The normalized spacial score (nSPS) is 13.0. The van der Waals surface area contributed by atoms with Crippen LogP contribution in [0, 0.1) is 6.92 Å². The number of rotatable bonds is 8. The third kappa shape index (κ3) is 5.89. The summed E-state index contributed by atoms with van der Waals surface area (Å²) in [5.74, 6) is -0.146. The molecule has 152 valence electrons. The van der Waals surface area contributed by atoms with Gasteiger partial charge in [0.15, 0.2) is 0 Å². The Morgan fingerprint density at radius 1 is 1.04 bits per heavy atom. The summed E-state index contributed by atoms with van der Waals surface area (Å²) >= 11 is 0. The van der Waals surface area contributed by atoms with Gasteiger partial charge in [0.25, 0.3) is 0 Å². The number of anilines is 1. The lowest BCUT2D eigenvalue weighted by Crippen LogP contribution is -2.39. The molecule has 28 heavy (non-hydrogen) atoms. The Kier molecular flexibility index (Phi) is 7.35. The van der Waals surface area contributed by atoms with Crippen molar-refractivity contribution >= 4 is 21.6 Å². The van der Waals surface area contributed by atoms with Crippen molar-refractivity contribution in [3.63, 3.8) is 0 Å². The lowest BCUT2D eigenvalue weighted by molar-refractivity contribution is -0.120. The number of hydrogen-bond acceptors (Lipinski definition) is 4. The average Bonchev–Trinajstić information content (AvgIpc) is 2.62. The van der Waals surface area contributed by atoms with Crippen molar-refractivity contribution in [2.24, 2.45) is 0 Å². The second-order valence-corrected chi connectivity index (χ2v) is 9.02. The number of nitrogens with one attached hydrogen (secondary N) is 2. The minimum absolute atomic E-state index is 0.146. The first kappa shape index (κ1) is 22.1. The standard InChI is InChI=1S/C21H29N3O3S/c1-15(2)23-28(26,27)20-12-10-19(11-13-20)22-21(25)17(4)24(5)14-18-9-7-6-8-16(18)3/h6-13,15,17,23H,14H2,1-5H3,(H,22,25)/t17-/m1/s1. The number of hydrogen-bond donors (Lipinski definition) is 2. The smallest absolute Gasteiger partial charge is 0.241 e. The lowest BCUT2D eigenvalue weighted by atomic mass is 10.1. The van der Waals surface area contributed by atoms with Crippen LogP contribution in [0.3, 0.4) is 0 Å². The Labute approximate surface area is 168 Å². The molecule has 6 nitrogen and oxygen atoms in total. The molecular weight excluding hydrogens is 374 g/mol. The molecule has 0 bridgehead atoms. The van der Waals surface area contributed by atoms with Gasteiger partial charge in [0.1, 0.15) is 0 Å². The summed E-state index contributed by atoms with van der Waals surface area (Å²) < 4.78 is 26.9. The number of likely N-dealkylation sites (N-methyl/N-ethyl adjacent to an activating group) is 1. The molecule has 0 fully saturated rings. The Hall–Kier alpha value is -2.22. The summed E-state index contributed by atoms with van der Waals surface area (Å²) in [7, 11) is -1.64. The number of nitrogens with zero attached hydrogens (tertiary/aromatic N) is 1. The molecule has 0 saturated carbocycles. The molecule has 0 heterocycles. The number of sulfonamides is 1. The summed E-state index contributed by atoms with van der Waals surface area (Å²) in [6.45, 7) is 8.10.